The van der Waals surface area contributed by atoms with Gasteiger partial charge in [-0.25, -0.2) is 4.39 Å². The minimum Gasteiger partial charge on any atom is -0.508 e. The molecule has 0 aliphatic heterocycles. The van der Waals surface area contributed by atoms with Crippen LogP contribution in [0.15, 0.2) is 48.5 Å². The highest BCUT2D eigenvalue weighted by Gasteiger charge is 2.15. The second-order valence-corrected chi connectivity index (χ2v) is 4.53. The van der Waals surface area contributed by atoms with E-state index >= 15 is 0 Å². The molecule has 19 heavy (non-hydrogen) atoms. The van der Waals surface area contributed by atoms with E-state index in [4.69, 9.17) is 0 Å². The van der Waals surface area contributed by atoms with Crippen LogP contribution in [-0.2, 0) is 0 Å². The van der Waals surface area contributed by atoms with Crippen molar-refractivity contribution in [3.05, 3.63) is 59.9 Å². The summed E-state index contributed by atoms with van der Waals surface area (Å²) in [5, 5.41) is 9.56. The van der Waals surface area contributed by atoms with Crippen LogP contribution in [0.2, 0.25) is 0 Å². The molecule has 0 saturated heterocycles. The highest BCUT2D eigenvalue weighted by atomic mass is 19.1. The van der Waals surface area contributed by atoms with Crippen LogP contribution in [0.1, 0.15) is 25.5 Å². The van der Waals surface area contributed by atoms with Crippen molar-refractivity contribution in [2.45, 2.75) is 19.9 Å². The van der Waals surface area contributed by atoms with Gasteiger partial charge in [-0.1, -0.05) is 12.1 Å². The molecule has 0 radical (unpaired) electrons. The average Bonchev–Trinajstić information content (AvgIpc) is 2.41. The number of rotatable bonds is 4. The molecule has 0 spiro atoms. The monoisotopic (exact) mass is 259 g/mol. The van der Waals surface area contributed by atoms with Crippen molar-refractivity contribution in [1.29, 1.82) is 0 Å². The van der Waals surface area contributed by atoms with Crippen LogP contribution in [0.5, 0.6) is 5.75 Å². The van der Waals surface area contributed by atoms with Gasteiger partial charge in [-0.2, -0.15) is 0 Å². The van der Waals surface area contributed by atoms with E-state index in [0.29, 0.717) is 0 Å². The number of nitrogens with zero attached hydrogens (tertiary/aromatic N) is 1. The molecule has 2 rings (SSSR count). The van der Waals surface area contributed by atoms with Crippen LogP contribution in [-0.4, -0.2) is 11.7 Å². The maximum absolute atomic E-state index is 13.0. The molecular formula is C16H18FNO. The largest absolute Gasteiger partial charge is 0.508 e. The number of hydrogen-bond donors (Lipinski definition) is 1. The van der Waals surface area contributed by atoms with E-state index in [2.05, 4.69) is 18.7 Å². The van der Waals surface area contributed by atoms with Gasteiger partial charge in [0.15, 0.2) is 0 Å². The summed E-state index contributed by atoms with van der Waals surface area (Å²) in [5.74, 6) is 0.0318. The van der Waals surface area contributed by atoms with Crippen molar-refractivity contribution < 1.29 is 9.50 Å². The van der Waals surface area contributed by atoms with Gasteiger partial charge in [-0.15, -0.1) is 0 Å². The van der Waals surface area contributed by atoms with Crippen LogP contribution < -0.4 is 4.90 Å². The molecule has 0 amide bonds. The summed E-state index contributed by atoms with van der Waals surface area (Å²) in [6, 6.07) is 13.8. The Balaban J connectivity index is 2.28. The molecule has 0 heterocycles. The number of benzene rings is 2. The molecule has 0 aromatic heterocycles. The molecule has 2 aromatic rings. The lowest BCUT2D eigenvalue weighted by molar-refractivity contribution is 0.473. The molecule has 100 valence electrons. The van der Waals surface area contributed by atoms with Crippen LogP contribution in [0.3, 0.4) is 0 Å². The van der Waals surface area contributed by atoms with Gasteiger partial charge >= 0.3 is 0 Å². The van der Waals surface area contributed by atoms with Crippen LogP contribution in [0, 0.1) is 5.82 Å². The lowest BCUT2D eigenvalue weighted by Crippen LogP contribution is -2.26. The lowest BCUT2D eigenvalue weighted by atomic mass is 10.1. The van der Waals surface area contributed by atoms with Crippen LogP contribution >= 0.6 is 0 Å². The number of hydrogen-bond acceptors (Lipinski definition) is 2. The Labute approximate surface area is 113 Å². The fraction of sp³-hybridized carbons (Fsp3) is 0.250. The molecule has 0 fully saturated rings. The zero-order chi connectivity index (χ0) is 13.8. The van der Waals surface area contributed by atoms with Gasteiger partial charge < -0.3 is 10.0 Å². The lowest BCUT2D eigenvalue weighted by Gasteiger charge is -2.30. The molecule has 0 aliphatic rings. The maximum Gasteiger partial charge on any atom is 0.123 e. The SMILES string of the molecule is CCN(c1ccc(F)cc1)C(C)c1cccc(O)c1. The molecule has 2 nitrogen and oxygen atoms in total. The van der Waals surface area contributed by atoms with Crippen molar-refractivity contribution in [3.63, 3.8) is 0 Å². The number of phenols is 1. The number of anilines is 1. The number of phenolic OH excluding ortho intramolecular Hbond substituents is 1. The third-order valence-electron chi connectivity index (χ3n) is 3.32. The van der Waals surface area contributed by atoms with Gasteiger partial charge in [0.1, 0.15) is 11.6 Å². The summed E-state index contributed by atoms with van der Waals surface area (Å²) in [4.78, 5) is 2.16. The second kappa shape index (κ2) is 5.74. The van der Waals surface area contributed by atoms with Crippen molar-refractivity contribution in [2.75, 3.05) is 11.4 Å². The fourth-order valence-corrected chi connectivity index (χ4v) is 2.28. The summed E-state index contributed by atoms with van der Waals surface area (Å²) < 4.78 is 13.0. The van der Waals surface area contributed by atoms with Crippen LogP contribution in [0.4, 0.5) is 10.1 Å². The topological polar surface area (TPSA) is 23.5 Å². The summed E-state index contributed by atoms with van der Waals surface area (Å²) in [6.07, 6.45) is 0. The first kappa shape index (κ1) is 13.4. The van der Waals surface area contributed by atoms with E-state index in [1.807, 2.05) is 12.1 Å². The van der Waals surface area contributed by atoms with Crippen LogP contribution in [0.25, 0.3) is 0 Å². The third-order valence-corrected chi connectivity index (χ3v) is 3.32. The summed E-state index contributed by atoms with van der Waals surface area (Å²) in [5.41, 5.74) is 2.01. The zero-order valence-corrected chi connectivity index (χ0v) is 11.2. The quantitative estimate of drug-likeness (QED) is 0.892. The van der Waals surface area contributed by atoms with E-state index in [1.54, 1.807) is 24.3 Å². The Bertz CT molecular complexity index is 539. The first-order valence-corrected chi connectivity index (χ1v) is 6.43. The van der Waals surface area contributed by atoms with E-state index < -0.39 is 0 Å². The Kier molecular flexibility index (Phi) is 4.05. The molecule has 0 aliphatic carbocycles. The zero-order valence-electron chi connectivity index (χ0n) is 11.2. The Morgan fingerprint density at radius 2 is 1.84 bits per heavy atom. The van der Waals surface area contributed by atoms with Crippen molar-refractivity contribution >= 4 is 5.69 Å². The predicted molar refractivity (Wildman–Crippen MR) is 75.9 cm³/mol. The Morgan fingerprint density at radius 3 is 2.42 bits per heavy atom. The molecule has 2 aromatic carbocycles. The Morgan fingerprint density at radius 1 is 1.16 bits per heavy atom. The summed E-state index contributed by atoms with van der Waals surface area (Å²) >= 11 is 0. The van der Waals surface area contributed by atoms with E-state index in [1.165, 1.54) is 12.1 Å². The smallest absolute Gasteiger partial charge is 0.123 e. The van der Waals surface area contributed by atoms with Gasteiger partial charge in [0.05, 0.1) is 6.04 Å². The molecule has 1 atom stereocenters. The van der Waals surface area contributed by atoms with E-state index in [9.17, 15) is 9.50 Å². The molecule has 0 bridgehead atoms. The first-order chi connectivity index (χ1) is 9.11. The molecule has 1 unspecified atom stereocenters. The van der Waals surface area contributed by atoms with Gasteiger partial charge in [0.25, 0.3) is 0 Å². The van der Waals surface area contributed by atoms with Crippen molar-refractivity contribution in [1.82, 2.24) is 0 Å². The molecule has 1 N–H and O–H groups in total. The third kappa shape index (κ3) is 3.05. The first-order valence-electron chi connectivity index (χ1n) is 6.43. The number of aromatic hydroxyl groups is 1. The summed E-state index contributed by atoms with van der Waals surface area (Å²) in [6.45, 7) is 4.94. The van der Waals surface area contributed by atoms with Gasteiger partial charge in [0, 0.05) is 12.2 Å². The van der Waals surface area contributed by atoms with E-state index in [-0.39, 0.29) is 17.6 Å². The van der Waals surface area contributed by atoms with Gasteiger partial charge in [-0.05, 0) is 55.8 Å². The minimum atomic E-state index is -0.232. The predicted octanol–water partition coefficient (Wildman–Crippen LogP) is 4.12. The normalized spacial score (nSPS) is 12.2. The molecule has 0 saturated carbocycles. The second-order valence-electron chi connectivity index (χ2n) is 4.53. The van der Waals surface area contributed by atoms with Gasteiger partial charge in [-0.3, -0.25) is 0 Å². The molecule has 3 heteroatoms. The average molecular weight is 259 g/mol. The summed E-state index contributed by atoms with van der Waals surface area (Å²) in [7, 11) is 0. The van der Waals surface area contributed by atoms with Crippen molar-refractivity contribution in [2.24, 2.45) is 0 Å². The van der Waals surface area contributed by atoms with Gasteiger partial charge in [0.2, 0.25) is 0 Å². The minimum absolute atomic E-state index is 0.113. The van der Waals surface area contributed by atoms with E-state index in [0.717, 1.165) is 17.8 Å². The maximum atomic E-state index is 13.0. The standard InChI is InChI=1S/C16H18FNO/c1-3-18(15-9-7-14(17)8-10-15)12(2)13-5-4-6-16(19)11-13/h4-12,19H,3H2,1-2H3. The number of halogens is 1. The fourth-order valence-electron chi connectivity index (χ4n) is 2.28. The highest BCUT2D eigenvalue weighted by Crippen LogP contribution is 2.28. The Hall–Kier alpha value is -2.03. The molecular weight excluding hydrogens is 241 g/mol. The highest BCUT2D eigenvalue weighted by molar-refractivity contribution is 5.49. The van der Waals surface area contributed by atoms with Crippen molar-refractivity contribution in [3.8, 4) is 5.75 Å².